The topological polar surface area (TPSA) is 21.3 Å². The molecule has 1 aromatic rings. The van der Waals surface area contributed by atoms with Crippen LogP contribution >= 0.6 is 0 Å². The summed E-state index contributed by atoms with van der Waals surface area (Å²) in [4.78, 5) is 0. The quantitative estimate of drug-likeness (QED) is 0.557. The maximum Gasteiger partial charge on any atom is 0.126 e. The van der Waals surface area contributed by atoms with E-state index >= 15 is 0 Å². The van der Waals surface area contributed by atoms with E-state index < -0.39 is 0 Å². The fourth-order valence-corrected chi connectivity index (χ4v) is 6.90. The largest absolute Gasteiger partial charge is 0.496 e. The highest BCUT2D eigenvalue weighted by Gasteiger charge is 2.44. The molecule has 5 rings (SSSR count). The standard InChI is InChI=1S/C29H37NO/c1-18-16-29(4,5)30-23-13-12-21-26-19(9-7-11-24(26)31-6)15-22(27(21)25(18)23)20-10-8-14-28(2,3)17-20/h7-9,11-14,16,20,22-23,25,30H,10,15,17H2,1-6H3. The second kappa shape index (κ2) is 7.24. The van der Waals surface area contributed by atoms with E-state index in [4.69, 9.17) is 4.74 Å². The summed E-state index contributed by atoms with van der Waals surface area (Å²) >= 11 is 0. The normalized spacial score (nSPS) is 32.6. The van der Waals surface area contributed by atoms with Crippen molar-refractivity contribution in [3.63, 3.8) is 0 Å². The van der Waals surface area contributed by atoms with Crippen molar-refractivity contribution in [2.45, 2.75) is 65.5 Å². The molecular weight excluding hydrogens is 378 g/mol. The van der Waals surface area contributed by atoms with E-state index in [1.54, 1.807) is 5.57 Å². The second-order valence-electron chi connectivity index (χ2n) is 11.4. The maximum absolute atomic E-state index is 5.86. The fraction of sp³-hybridized carbons (Fsp3) is 0.517. The Morgan fingerprint density at radius 1 is 1.13 bits per heavy atom. The molecule has 31 heavy (non-hydrogen) atoms. The monoisotopic (exact) mass is 415 g/mol. The summed E-state index contributed by atoms with van der Waals surface area (Å²) in [6.45, 7) is 11.7. The van der Waals surface area contributed by atoms with E-state index in [2.05, 4.69) is 88.5 Å². The van der Waals surface area contributed by atoms with E-state index in [1.807, 2.05) is 7.11 Å². The summed E-state index contributed by atoms with van der Waals surface area (Å²) in [7, 11) is 1.81. The van der Waals surface area contributed by atoms with E-state index in [9.17, 15) is 0 Å². The molecule has 0 radical (unpaired) electrons. The number of hydrogen-bond donors (Lipinski definition) is 1. The lowest BCUT2D eigenvalue weighted by molar-refractivity contribution is 0.233. The molecule has 0 fully saturated rings. The van der Waals surface area contributed by atoms with E-state index in [0.29, 0.717) is 23.8 Å². The van der Waals surface area contributed by atoms with Gasteiger partial charge in [0.05, 0.1) is 7.11 Å². The Labute approximate surface area is 188 Å². The summed E-state index contributed by atoms with van der Waals surface area (Å²) in [5, 5.41) is 3.91. The van der Waals surface area contributed by atoms with Crippen LogP contribution < -0.4 is 10.1 Å². The van der Waals surface area contributed by atoms with Crippen molar-refractivity contribution >= 4 is 5.57 Å². The average Bonchev–Trinajstić information content (AvgIpc) is 2.70. The van der Waals surface area contributed by atoms with Crippen LogP contribution in [0, 0.1) is 23.2 Å². The molecule has 0 aromatic heterocycles. The lowest BCUT2D eigenvalue weighted by atomic mass is 9.59. The highest BCUT2D eigenvalue weighted by molar-refractivity contribution is 5.86. The van der Waals surface area contributed by atoms with E-state index in [1.165, 1.54) is 35.1 Å². The smallest absolute Gasteiger partial charge is 0.126 e. The van der Waals surface area contributed by atoms with Gasteiger partial charge in [0.1, 0.15) is 5.75 Å². The van der Waals surface area contributed by atoms with Gasteiger partial charge < -0.3 is 10.1 Å². The van der Waals surface area contributed by atoms with Crippen LogP contribution in [-0.2, 0) is 6.42 Å². The number of ether oxygens (including phenoxy) is 1. The van der Waals surface area contributed by atoms with Crippen LogP contribution in [0.5, 0.6) is 5.75 Å². The minimum atomic E-state index is 0.0307. The molecule has 1 aromatic carbocycles. The molecule has 4 unspecified atom stereocenters. The molecule has 4 aliphatic rings. The maximum atomic E-state index is 5.86. The molecule has 0 saturated carbocycles. The number of methoxy groups -OCH3 is 1. The molecule has 4 atom stereocenters. The van der Waals surface area contributed by atoms with Gasteiger partial charge >= 0.3 is 0 Å². The highest BCUT2D eigenvalue weighted by Crippen LogP contribution is 2.53. The number of fused-ring (bicyclic) bond motifs is 4. The van der Waals surface area contributed by atoms with Gasteiger partial charge in [0.25, 0.3) is 0 Å². The zero-order valence-corrected chi connectivity index (χ0v) is 20.0. The van der Waals surface area contributed by atoms with Crippen molar-refractivity contribution in [2.24, 2.45) is 23.2 Å². The molecule has 0 bridgehead atoms. The lowest BCUT2D eigenvalue weighted by Gasteiger charge is -2.48. The fourth-order valence-electron chi connectivity index (χ4n) is 6.90. The molecule has 164 valence electrons. The summed E-state index contributed by atoms with van der Waals surface area (Å²) in [5.41, 5.74) is 7.67. The number of rotatable bonds is 2. The third-order valence-electron chi connectivity index (χ3n) is 7.90. The van der Waals surface area contributed by atoms with Gasteiger partial charge in [-0.1, -0.05) is 61.9 Å². The Hall–Kier alpha value is -2.06. The van der Waals surface area contributed by atoms with Gasteiger partial charge in [0.2, 0.25) is 0 Å². The van der Waals surface area contributed by atoms with Crippen LogP contribution in [0.15, 0.2) is 59.7 Å². The molecule has 0 saturated heterocycles. The zero-order valence-electron chi connectivity index (χ0n) is 20.0. The zero-order chi connectivity index (χ0) is 22.0. The van der Waals surface area contributed by atoms with Crippen LogP contribution in [0.25, 0.3) is 5.57 Å². The molecule has 2 heteroatoms. The third-order valence-corrected chi connectivity index (χ3v) is 7.90. The molecule has 1 heterocycles. The van der Waals surface area contributed by atoms with Crippen molar-refractivity contribution in [3.8, 4) is 5.75 Å². The minimum absolute atomic E-state index is 0.0307. The van der Waals surface area contributed by atoms with Crippen LogP contribution in [0.4, 0.5) is 0 Å². The first-order valence-corrected chi connectivity index (χ1v) is 11.9. The van der Waals surface area contributed by atoms with Crippen LogP contribution in [-0.4, -0.2) is 18.7 Å². The SMILES string of the molecule is COc1cccc2c1C1=C(C(C3CC=CC(C)(C)C3)C2)C2C(C)=CC(C)(C)NC2C=C1. The number of nitrogens with one attached hydrogen (secondary N) is 1. The second-order valence-corrected chi connectivity index (χ2v) is 11.4. The molecule has 2 nitrogen and oxygen atoms in total. The predicted octanol–water partition coefficient (Wildman–Crippen LogP) is 6.50. The van der Waals surface area contributed by atoms with E-state index in [-0.39, 0.29) is 11.0 Å². The summed E-state index contributed by atoms with van der Waals surface area (Å²) in [5.74, 6) is 2.70. The van der Waals surface area contributed by atoms with Crippen molar-refractivity contribution in [1.29, 1.82) is 0 Å². The highest BCUT2D eigenvalue weighted by atomic mass is 16.5. The Bertz CT molecular complexity index is 1020. The van der Waals surface area contributed by atoms with Crippen LogP contribution in [0.2, 0.25) is 0 Å². The predicted molar refractivity (Wildman–Crippen MR) is 130 cm³/mol. The first kappa shape index (κ1) is 20.8. The van der Waals surface area contributed by atoms with Crippen LogP contribution in [0.3, 0.4) is 0 Å². The number of allylic oxidation sites excluding steroid dienone is 4. The van der Waals surface area contributed by atoms with Gasteiger partial charge in [0.15, 0.2) is 0 Å². The van der Waals surface area contributed by atoms with Gasteiger partial charge in [-0.2, -0.15) is 0 Å². The molecule has 3 aliphatic carbocycles. The Balaban J connectivity index is 1.69. The van der Waals surface area contributed by atoms with Crippen molar-refractivity contribution < 1.29 is 4.74 Å². The van der Waals surface area contributed by atoms with Gasteiger partial charge in [-0.25, -0.2) is 0 Å². The summed E-state index contributed by atoms with van der Waals surface area (Å²) in [6.07, 6.45) is 15.7. The van der Waals surface area contributed by atoms with Gasteiger partial charge in [-0.15, -0.1) is 0 Å². The molecule has 1 N–H and O–H groups in total. The van der Waals surface area contributed by atoms with Crippen molar-refractivity contribution in [1.82, 2.24) is 5.32 Å². The van der Waals surface area contributed by atoms with Crippen molar-refractivity contribution in [2.75, 3.05) is 7.11 Å². The average molecular weight is 416 g/mol. The number of hydrogen-bond acceptors (Lipinski definition) is 2. The van der Waals surface area contributed by atoms with Gasteiger partial charge in [-0.3, -0.25) is 0 Å². The molecule has 0 spiro atoms. The van der Waals surface area contributed by atoms with Gasteiger partial charge in [0, 0.05) is 23.1 Å². The first-order valence-electron chi connectivity index (χ1n) is 11.9. The Morgan fingerprint density at radius 3 is 2.68 bits per heavy atom. The third kappa shape index (κ3) is 3.53. The first-order chi connectivity index (χ1) is 14.7. The Kier molecular flexibility index (Phi) is 4.86. The van der Waals surface area contributed by atoms with E-state index in [0.717, 1.165) is 12.2 Å². The number of benzene rings is 1. The summed E-state index contributed by atoms with van der Waals surface area (Å²) in [6, 6.07) is 6.98. The molecule has 1 aliphatic heterocycles. The van der Waals surface area contributed by atoms with Gasteiger partial charge in [-0.05, 0) is 80.1 Å². The van der Waals surface area contributed by atoms with Crippen LogP contribution in [0.1, 0.15) is 58.6 Å². The lowest BCUT2D eigenvalue weighted by Crippen LogP contribution is -2.53. The summed E-state index contributed by atoms with van der Waals surface area (Å²) < 4.78 is 5.86. The Morgan fingerprint density at radius 2 is 1.94 bits per heavy atom. The molecular formula is C29H37NO. The van der Waals surface area contributed by atoms with Crippen molar-refractivity contribution in [3.05, 3.63) is 70.9 Å². The minimum Gasteiger partial charge on any atom is -0.496 e. The molecule has 0 amide bonds.